The van der Waals surface area contributed by atoms with Crippen LogP contribution in [0.15, 0.2) is 58.7 Å². The lowest BCUT2D eigenvalue weighted by molar-refractivity contribution is -0.122. The van der Waals surface area contributed by atoms with Gasteiger partial charge in [-0.05, 0) is 61.0 Å². The number of ketones is 1. The maximum absolute atomic E-state index is 12.2. The summed E-state index contributed by atoms with van der Waals surface area (Å²) in [6.07, 6.45) is 1.55. The van der Waals surface area contributed by atoms with Gasteiger partial charge in [0.25, 0.3) is 0 Å². The molecule has 154 valence electrons. The molecule has 1 aliphatic rings. The Balaban J connectivity index is 1.53. The molecule has 1 aliphatic heterocycles. The van der Waals surface area contributed by atoms with Gasteiger partial charge in [-0.3, -0.25) is 14.4 Å². The maximum atomic E-state index is 12.2. The summed E-state index contributed by atoms with van der Waals surface area (Å²) >= 11 is 1.16. The van der Waals surface area contributed by atoms with Crippen LogP contribution in [0.25, 0.3) is 0 Å². The van der Waals surface area contributed by atoms with Gasteiger partial charge in [0.1, 0.15) is 11.0 Å². The van der Waals surface area contributed by atoms with E-state index in [-0.39, 0.29) is 24.0 Å². The molecule has 2 aromatic rings. The van der Waals surface area contributed by atoms with Crippen molar-refractivity contribution in [3.63, 3.8) is 0 Å². The van der Waals surface area contributed by atoms with E-state index < -0.39 is 5.25 Å². The molecule has 3 rings (SSSR count). The third-order valence-electron chi connectivity index (χ3n) is 4.19. The first-order chi connectivity index (χ1) is 14.4. The number of ether oxygens (including phenoxy) is 1. The summed E-state index contributed by atoms with van der Waals surface area (Å²) in [5, 5.41) is 13.1. The highest BCUT2D eigenvalue weighted by Crippen LogP contribution is 2.23. The molecule has 1 fully saturated rings. The van der Waals surface area contributed by atoms with Crippen LogP contribution >= 0.6 is 11.8 Å². The van der Waals surface area contributed by atoms with E-state index in [1.165, 1.54) is 6.92 Å². The van der Waals surface area contributed by atoms with Crippen LogP contribution in [0.5, 0.6) is 5.75 Å². The summed E-state index contributed by atoms with van der Waals surface area (Å²) in [5.74, 6) is 0.100. The van der Waals surface area contributed by atoms with E-state index in [2.05, 4.69) is 20.8 Å². The lowest BCUT2D eigenvalue weighted by Crippen LogP contribution is -2.28. The van der Waals surface area contributed by atoms with Crippen molar-refractivity contribution in [3.8, 4) is 5.75 Å². The van der Waals surface area contributed by atoms with Crippen LogP contribution in [-0.2, 0) is 9.59 Å². The van der Waals surface area contributed by atoms with Crippen LogP contribution < -0.4 is 15.4 Å². The molecular weight excluding hydrogens is 404 g/mol. The summed E-state index contributed by atoms with van der Waals surface area (Å²) in [6.45, 7) is 1.48. The number of anilines is 1. The molecule has 9 heteroatoms. The molecular formula is C21H20N4O4S. The number of amides is 2. The minimum absolute atomic E-state index is 0.00776. The van der Waals surface area contributed by atoms with Crippen molar-refractivity contribution < 1.29 is 19.1 Å². The van der Waals surface area contributed by atoms with E-state index >= 15 is 0 Å². The van der Waals surface area contributed by atoms with Crippen molar-refractivity contribution in [2.75, 3.05) is 12.4 Å². The zero-order chi connectivity index (χ0) is 21.5. The van der Waals surface area contributed by atoms with Crippen LogP contribution in [0.2, 0.25) is 0 Å². The first-order valence-corrected chi connectivity index (χ1v) is 9.96. The van der Waals surface area contributed by atoms with Crippen LogP contribution in [-0.4, -0.2) is 41.3 Å². The fourth-order valence-corrected chi connectivity index (χ4v) is 3.52. The Labute approximate surface area is 177 Å². The Hall–Kier alpha value is -3.46. The number of hydrogen-bond acceptors (Lipinski definition) is 7. The summed E-state index contributed by atoms with van der Waals surface area (Å²) in [7, 11) is 1.59. The molecule has 1 unspecified atom stereocenters. The van der Waals surface area contributed by atoms with Gasteiger partial charge in [0.2, 0.25) is 11.8 Å². The Bertz CT molecular complexity index is 1000. The minimum Gasteiger partial charge on any atom is -0.497 e. The van der Waals surface area contributed by atoms with Gasteiger partial charge in [-0.1, -0.05) is 11.8 Å². The van der Waals surface area contributed by atoms with Crippen molar-refractivity contribution in [2.45, 2.75) is 18.6 Å². The van der Waals surface area contributed by atoms with E-state index in [0.717, 1.165) is 23.1 Å². The Morgan fingerprint density at radius 1 is 1.17 bits per heavy atom. The van der Waals surface area contributed by atoms with Crippen LogP contribution in [0.3, 0.4) is 0 Å². The van der Waals surface area contributed by atoms with Crippen LogP contribution in [0, 0.1) is 0 Å². The Morgan fingerprint density at radius 3 is 2.50 bits per heavy atom. The first-order valence-electron chi connectivity index (χ1n) is 9.08. The molecule has 0 aromatic heterocycles. The molecule has 1 atom stereocenters. The van der Waals surface area contributed by atoms with Crippen LogP contribution in [0.4, 0.5) is 5.69 Å². The number of carbonyl (C=O) groups excluding carboxylic acids is 3. The van der Waals surface area contributed by atoms with Gasteiger partial charge in [0, 0.05) is 17.7 Å². The van der Waals surface area contributed by atoms with Gasteiger partial charge in [0.15, 0.2) is 11.0 Å². The van der Waals surface area contributed by atoms with Gasteiger partial charge < -0.3 is 15.4 Å². The largest absolute Gasteiger partial charge is 0.497 e. The minimum atomic E-state index is -0.587. The van der Waals surface area contributed by atoms with E-state index in [1.54, 1.807) is 37.6 Å². The van der Waals surface area contributed by atoms with Crippen molar-refractivity contribution in [1.82, 2.24) is 5.32 Å². The summed E-state index contributed by atoms with van der Waals surface area (Å²) in [4.78, 5) is 35.6. The van der Waals surface area contributed by atoms with Gasteiger partial charge in [0.05, 0.1) is 13.3 Å². The first kappa shape index (κ1) is 21.3. The quantitative estimate of drug-likeness (QED) is 0.404. The molecule has 2 aromatic carbocycles. The number of carbonyl (C=O) groups is 3. The lowest BCUT2D eigenvalue weighted by atomic mass is 10.1. The number of Topliss-reactive ketones (excluding diaryl/α,β-unsaturated/α-hetero) is 1. The summed E-state index contributed by atoms with van der Waals surface area (Å²) < 4.78 is 5.09. The second kappa shape index (κ2) is 9.84. The van der Waals surface area contributed by atoms with E-state index in [4.69, 9.17) is 4.74 Å². The molecule has 30 heavy (non-hydrogen) atoms. The number of nitrogens with zero attached hydrogens (tertiary/aromatic N) is 2. The van der Waals surface area contributed by atoms with Gasteiger partial charge in [-0.15, -0.1) is 5.10 Å². The summed E-state index contributed by atoms with van der Waals surface area (Å²) in [5.41, 5.74) is 1.96. The second-order valence-electron chi connectivity index (χ2n) is 6.40. The molecule has 2 N–H and O–H groups in total. The van der Waals surface area contributed by atoms with Crippen molar-refractivity contribution in [1.29, 1.82) is 0 Å². The highest BCUT2D eigenvalue weighted by atomic mass is 32.2. The zero-order valence-electron chi connectivity index (χ0n) is 16.4. The SMILES string of the molecule is COc1ccc(/C=N/N=C2\NC(=O)C(CC(=O)Nc3ccc(C(C)=O)cc3)S2)cc1. The molecule has 0 radical (unpaired) electrons. The monoisotopic (exact) mass is 424 g/mol. The van der Waals surface area contributed by atoms with E-state index in [0.29, 0.717) is 16.4 Å². The normalized spacial score (nSPS) is 17.2. The molecule has 1 heterocycles. The number of amidine groups is 1. The van der Waals surface area contributed by atoms with Gasteiger partial charge >= 0.3 is 0 Å². The number of methoxy groups -OCH3 is 1. The number of rotatable bonds is 7. The Kier molecular flexibility index (Phi) is 6.97. The fourth-order valence-electron chi connectivity index (χ4n) is 2.59. The van der Waals surface area contributed by atoms with E-state index in [9.17, 15) is 14.4 Å². The number of thioether (sulfide) groups is 1. The van der Waals surface area contributed by atoms with Gasteiger partial charge in [-0.2, -0.15) is 5.10 Å². The summed E-state index contributed by atoms with van der Waals surface area (Å²) in [6, 6.07) is 13.9. The highest BCUT2D eigenvalue weighted by molar-refractivity contribution is 8.15. The Morgan fingerprint density at radius 2 is 1.87 bits per heavy atom. The van der Waals surface area contributed by atoms with E-state index in [1.807, 2.05) is 24.3 Å². The highest BCUT2D eigenvalue weighted by Gasteiger charge is 2.32. The van der Waals surface area contributed by atoms with Gasteiger partial charge in [-0.25, -0.2) is 0 Å². The topological polar surface area (TPSA) is 109 Å². The predicted octanol–water partition coefficient (Wildman–Crippen LogP) is 2.85. The van der Waals surface area contributed by atoms with Crippen molar-refractivity contribution in [3.05, 3.63) is 59.7 Å². The van der Waals surface area contributed by atoms with Crippen molar-refractivity contribution in [2.24, 2.45) is 10.2 Å². The molecule has 0 saturated carbocycles. The predicted molar refractivity (Wildman–Crippen MR) is 117 cm³/mol. The smallest absolute Gasteiger partial charge is 0.240 e. The maximum Gasteiger partial charge on any atom is 0.240 e. The number of benzene rings is 2. The van der Waals surface area contributed by atoms with Crippen molar-refractivity contribution >= 4 is 46.4 Å². The number of hydrogen-bond donors (Lipinski definition) is 2. The third kappa shape index (κ3) is 5.77. The lowest BCUT2D eigenvalue weighted by Gasteiger charge is -2.07. The molecule has 8 nitrogen and oxygen atoms in total. The zero-order valence-corrected chi connectivity index (χ0v) is 17.2. The molecule has 1 saturated heterocycles. The van der Waals surface area contributed by atoms with Crippen LogP contribution in [0.1, 0.15) is 29.3 Å². The second-order valence-corrected chi connectivity index (χ2v) is 7.60. The number of nitrogens with one attached hydrogen (secondary N) is 2. The molecule has 0 aliphatic carbocycles. The molecule has 0 spiro atoms. The fraction of sp³-hybridized carbons (Fsp3) is 0.190. The molecule has 2 amide bonds. The average Bonchev–Trinajstić information content (AvgIpc) is 3.07. The third-order valence-corrected chi connectivity index (χ3v) is 5.27. The average molecular weight is 424 g/mol. The molecule has 0 bridgehead atoms. The standard InChI is InChI=1S/C21H20N4O4S/c1-13(26)15-5-7-16(8-6-15)23-19(27)11-18-20(28)24-21(30-18)25-22-12-14-3-9-17(29-2)10-4-14/h3-10,12,18H,11H2,1-2H3,(H,23,27)(H,24,25,28)/b22-12+.